The van der Waals surface area contributed by atoms with Crippen LogP contribution in [0.15, 0.2) is 0 Å². The van der Waals surface area contributed by atoms with E-state index in [1.165, 1.54) is 0 Å². The molecule has 86 valence electrons. The third-order valence-corrected chi connectivity index (χ3v) is 2.25. The van der Waals surface area contributed by atoms with Gasteiger partial charge in [0.05, 0.1) is 11.2 Å². The van der Waals surface area contributed by atoms with Crippen LogP contribution in [-0.4, -0.2) is 36.0 Å². The van der Waals surface area contributed by atoms with E-state index in [2.05, 4.69) is 19.2 Å². The number of ether oxygens (including phenoxy) is 1. The molecule has 0 fully saturated rings. The Morgan fingerprint density at radius 3 is 2.14 bits per heavy atom. The second-order valence-corrected chi connectivity index (χ2v) is 5.17. The lowest BCUT2D eigenvalue weighted by atomic mass is 9.90. The Labute approximate surface area is 87.8 Å². The van der Waals surface area contributed by atoms with Gasteiger partial charge in [-0.2, -0.15) is 0 Å². The summed E-state index contributed by atoms with van der Waals surface area (Å²) in [4.78, 5) is 0. The Hall–Kier alpha value is -0.120. The maximum absolute atomic E-state index is 10.1. The summed E-state index contributed by atoms with van der Waals surface area (Å²) in [5.41, 5.74) is -0.994. The van der Waals surface area contributed by atoms with Crippen LogP contribution in [0.3, 0.4) is 0 Å². The molecule has 0 spiro atoms. The average Bonchev–Trinajstić information content (AvgIpc) is 1.99. The van der Waals surface area contributed by atoms with Crippen molar-refractivity contribution in [1.29, 1.82) is 0 Å². The molecule has 1 unspecified atom stereocenters. The fourth-order valence-corrected chi connectivity index (χ4v) is 1.48. The number of nitrogens with one attached hydrogen (secondary N) is 1. The standard InChI is InChI=1S/C11H25NO2/c1-9(2)12-8-11(5,13)7-10(3,4)14-6/h9,12-13H,7-8H2,1-6H3. The first-order valence-corrected chi connectivity index (χ1v) is 5.19. The van der Waals surface area contributed by atoms with E-state index < -0.39 is 5.60 Å². The van der Waals surface area contributed by atoms with Crippen LogP contribution in [0.1, 0.15) is 41.0 Å². The molecule has 0 aliphatic carbocycles. The first-order chi connectivity index (χ1) is 6.18. The fraction of sp³-hybridized carbons (Fsp3) is 1.00. The molecule has 0 saturated heterocycles. The fourth-order valence-electron chi connectivity index (χ4n) is 1.48. The van der Waals surface area contributed by atoms with Crippen molar-refractivity contribution in [3.63, 3.8) is 0 Å². The minimum absolute atomic E-state index is 0.276. The molecular formula is C11H25NO2. The number of aliphatic hydroxyl groups is 1. The lowest BCUT2D eigenvalue weighted by molar-refractivity contribution is -0.0581. The zero-order chi connectivity index (χ0) is 11.4. The zero-order valence-electron chi connectivity index (χ0n) is 10.3. The molecule has 0 bridgehead atoms. The highest BCUT2D eigenvalue weighted by molar-refractivity contribution is 4.84. The second kappa shape index (κ2) is 5.10. The van der Waals surface area contributed by atoms with Crippen LogP contribution in [0.4, 0.5) is 0 Å². The first kappa shape index (κ1) is 13.9. The minimum atomic E-state index is -0.718. The van der Waals surface area contributed by atoms with Gasteiger partial charge in [0.2, 0.25) is 0 Å². The van der Waals surface area contributed by atoms with Gasteiger partial charge in [-0.25, -0.2) is 0 Å². The quantitative estimate of drug-likeness (QED) is 0.688. The van der Waals surface area contributed by atoms with E-state index in [9.17, 15) is 5.11 Å². The summed E-state index contributed by atoms with van der Waals surface area (Å²) in [6, 6.07) is 0.395. The Bertz CT molecular complexity index is 165. The van der Waals surface area contributed by atoms with Crippen molar-refractivity contribution in [3.05, 3.63) is 0 Å². The predicted octanol–water partition coefficient (Wildman–Crippen LogP) is 1.55. The van der Waals surface area contributed by atoms with Crippen LogP contribution >= 0.6 is 0 Å². The predicted molar refractivity (Wildman–Crippen MR) is 59.5 cm³/mol. The van der Waals surface area contributed by atoms with E-state index in [4.69, 9.17) is 4.74 Å². The highest BCUT2D eigenvalue weighted by atomic mass is 16.5. The van der Waals surface area contributed by atoms with Crippen molar-refractivity contribution < 1.29 is 9.84 Å². The molecule has 0 rings (SSSR count). The molecule has 1 atom stereocenters. The summed E-state index contributed by atoms with van der Waals surface area (Å²) in [5, 5.41) is 13.3. The molecule has 0 saturated carbocycles. The maximum atomic E-state index is 10.1. The van der Waals surface area contributed by atoms with Gasteiger partial charge in [0.1, 0.15) is 0 Å². The number of rotatable bonds is 6. The highest BCUT2D eigenvalue weighted by Crippen LogP contribution is 2.22. The summed E-state index contributed by atoms with van der Waals surface area (Å²) in [6.45, 7) is 10.5. The van der Waals surface area contributed by atoms with Gasteiger partial charge in [-0.05, 0) is 20.8 Å². The van der Waals surface area contributed by atoms with Gasteiger partial charge in [-0.15, -0.1) is 0 Å². The van der Waals surface area contributed by atoms with Crippen LogP contribution in [0, 0.1) is 0 Å². The van der Waals surface area contributed by atoms with E-state index in [1.807, 2.05) is 20.8 Å². The van der Waals surface area contributed by atoms with Crippen LogP contribution in [0.2, 0.25) is 0 Å². The van der Waals surface area contributed by atoms with Gasteiger partial charge in [-0.3, -0.25) is 0 Å². The van der Waals surface area contributed by atoms with E-state index in [1.54, 1.807) is 7.11 Å². The smallest absolute Gasteiger partial charge is 0.0770 e. The van der Waals surface area contributed by atoms with Crippen molar-refractivity contribution in [2.24, 2.45) is 0 Å². The van der Waals surface area contributed by atoms with Gasteiger partial charge < -0.3 is 15.2 Å². The molecule has 14 heavy (non-hydrogen) atoms. The molecule has 2 N–H and O–H groups in total. The van der Waals surface area contributed by atoms with E-state index in [0.29, 0.717) is 19.0 Å². The van der Waals surface area contributed by atoms with Crippen LogP contribution in [-0.2, 0) is 4.74 Å². The van der Waals surface area contributed by atoms with Crippen LogP contribution in [0.5, 0.6) is 0 Å². The van der Waals surface area contributed by atoms with Gasteiger partial charge in [-0.1, -0.05) is 13.8 Å². The molecule has 0 aromatic rings. The van der Waals surface area contributed by atoms with Gasteiger partial charge in [0.25, 0.3) is 0 Å². The Morgan fingerprint density at radius 1 is 1.29 bits per heavy atom. The summed E-state index contributed by atoms with van der Waals surface area (Å²) in [7, 11) is 1.67. The highest BCUT2D eigenvalue weighted by Gasteiger charge is 2.30. The lowest BCUT2D eigenvalue weighted by Crippen LogP contribution is -2.45. The van der Waals surface area contributed by atoms with E-state index >= 15 is 0 Å². The molecule has 3 nitrogen and oxygen atoms in total. The lowest BCUT2D eigenvalue weighted by Gasteiger charge is -2.33. The van der Waals surface area contributed by atoms with Crippen LogP contribution < -0.4 is 5.32 Å². The van der Waals surface area contributed by atoms with Crippen molar-refractivity contribution in [3.8, 4) is 0 Å². The molecular weight excluding hydrogens is 178 g/mol. The molecule has 0 radical (unpaired) electrons. The third-order valence-electron chi connectivity index (χ3n) is 2.25. The van der Waals surface area contributed by atoms with Gasteiger partial charge >= 0.3 is 0 Å². The molecule has 0 heterocycles. The van der Waals surface area contributed by atoms with Gasteiger partial charge in [0, 0.05) is 26.1 Å². The third kappa shape index (κ3) is 6.35. The number of methoxy groups -OCH3 is 1. The largest absolute Gasteiger partial charge is 0.389 e. The van der Waals surface area contributed by atoms with Crippen molar-refractivity contribution in [1.82, 2.24) is 5.32 Å². The zero-order valence-corrected chi connectivity index (χ0v) is 10.3. The summed E-state index contributed by atoms with van der Waals surface area (Å²) < 4.78 is 5.29. The monoisotopic (exact) mass is 203 g/mol. The van der Waals surface area contributed by atoms with E-state index in [0.717, 1.165) is 0 Å². The Morgan fingerprint density at radius 2 is 1.79 bits per heavy atom. The minimum Gasteiger partial charge on any atom is -0.389 e. The first-order valence-electron chi connectivity index (χ1n) is 5.19. The van der Waals surface area contributed by atoms with E-state index in [-0.39, 0.29) is 5.60 Å². The van der Waals surface area contributed by atoms with Crippen molar-refractivity contribution >= 4 is 0 Å². The average molecular weight is 203 g/mol. The molecule has 3 heteroatoms. The van der Waals surface area contributed by atoms with Crippen molar-refractivity contribution in [2.75, 3.05) is 13.7 Å². The maximum Gasteiger partial charge on any atom is 0.0770 e. The molecule has 0 aromatic heterocycles. The normalized spacial score (nSPS) is 17.1. The molecule has 0 amide bonds. The van der Waals surface area contributed by atoms with Crippen molar-refractivity contribution in [2.45, 2.75) is 58.3 Å². The summed E-state index contributed by atoms with van der Waals surface area (Å²) >= 11 is 0. The molecule has 0 aromatic carbocycles. The van der Waals surface area contributed by atoms with Crippen LogP contribution in [0.25, 0.3) is 0 Å². The Balaban J connectivity index is 4.06. The summed E-state index contributed by atoms with van der Waals surface area (Å²) in [6.07, 6.45) is 0.621. The molecule has 0 aliphatic heterocycles. The van der Waals surface area contributed by atoms with Gasteiger partial charge in [0.15, 0.2) is 0 Å². The topological polar surface area (TPSA) is 41.5 Å². The number of hydrogen-bond donors (Lipinski definition) is 2. The molecule has 0 aliphatic rings. The second-order valence-electron chi connectivity index (χ2n) is 5.17. The Kier molecular flexibility index (Phi) is 5.06. The summed E-state index contributed by atoms with van der Waals surface area (Å²) in [5.74, 6) is 0. The SMILES string of the molecule is COC(C)(C)CC(C)(O)CNC(C)C. The number of hydrogen-bond acceptors (Lipinski definition) is 3.